The molecule has 5 heteroatoms. The van der Waals surface area contributed by atoms with Gasteiger partial charge in [0, 0.05) is 16.9 Å². The van der Waals surface area contributed by atoms with Gasteiger partial charge in [-0.25, -0.2) is 8.42 Å². The van der Waals surface area contributed by atoms with Crippen LogP contribution in [0.1, 0.15) is 6.92 Å². The number of nitrogens with one attached hydrogen (secondary N) is 1. The van der Waals surface area contributed by atoms with Gasteiger partial charge < -0.3 is 5.32 Å². The van der Waals surface area contributed by atoms with Gasteiger partial charge in [0.25, 0.3) is 0 Å². The Kier molecular flexibility index (Phi) is 2.63. The summed E-state index contributed by atoms with van der Waals surface area (Å²) in [7, 11) is -3.04. The quantitative estimate of drug-likeness (QED) is 0.761. The Bertz CT molecular complexity index is 342. The fourth-order valence-corrected chi connectivity index (χ4v) is 1.90. The molecule has 1 aliphatic rings. The minimum Gasteiger partial charge on any atom is -0.371 e. The van der Waals surface area contributed by atoms with E-state index >= 15 is 0 Å². The Morgan fingerprint density at radius 2 is 2.17 bits per heavy atom. The molecule has 1 N–H and O–H groups in total. The van der Waals surface area contributed by atoms with Crippen LogP contribution in [0.25, 0.3) is 0 Å². The molecule has 0 aromatic heterocycles. The minimum absolute atomic E-state index is 0.584. The monoisotopic (exact) mass is 251 g/mol. The molecule has 12 heavy (non-hydrogen) atoms. The van der Waals surface area contributed by atoms with E-state index in [2.05, 4.69) is 21.2 Å². The van der Waals surface area contributed by atoms with Crippen molar-refractivity contribution in [1.82, 2.24) is 5.32 Å². The lowest BCUT2D eigenvalue weighted by molar-refractivity contribution is 0.588. The lowest BCUT2D eigenvalue weighted by Gasteiger charge is -2.17. The Morgan fingerprint density at radius 1 is 1.58 bits per heavy atom. The normalized spacial score (nSPS) is 24.1. The fraction of sp³-hybridized carbons (Fsp3) is 0.429. The van der Waals surface area contributed by atoms with E-state index in [-0.39, 0.29) is 0 Å². The van der Waals surface area contributed by atoms with Crippen LogP contribution in [0.3, 0.4) is 0 Å². The zero-order valence-electron chi connectivity index (χ0n) is 6.83. The van der Waals surface area contributed by atoms with Crippen LogP contribution < -0.4 is 5.32 Å². The maximum absolute atomic E-state index is 11.1. The van der Waals surface area contributed by atoms with Crippen molar-refractivity contribution < 1.29 is 8.42 Å². The van der Waals surface area contributed by atoms with Crippen molar-refractivity contribution in [2.45, 2.75) is 12.3 Å². The molecule has 68 valence electrons. The van der Waals surface area contributed by atoms with E-state index in [1.165, 1.54) is 6.26 Å². The van der Waals surface area contributed by atoms with Crippen molar-refractivity contribution in [2.24, 2.45) is 0 Å². The van der Waals surface area contributed by atoms with Gasteiger partial charge in [-0.1, -0.05) is 0 Å². The Balaban J connectivity index is 2.94. The van der Waals surface area contributed by atoms with Gasteiger partial charge in [0.2, 0.25) is 0 Å². The minimum atomic E-state index is -3.04. The van der Waals surface area contributed by atoms with Crippen molar-refractivity contribution in [3.05, 3.63) is 22.3 Å². The summed E-state index contributed by atoms with van der Waals surface area (Å²) in [6, 6.07) is 0. The first-order valence-electron chi connectivity index (χ1n) is 3.40. The molecule has 0 radical (unpaired) electrons. The van der Waals surface area contributed by atoms with E-state index in [0.717, 1.165) is 10.1 Å². The molecule has 0 saturated heterocycles. The Hall–Kier alpha value is -0.290. The van der Waals surface area contributed by atoms with E-state index in [9.17, 15) is 8.42 Å². The molecule has 0 aliphatic carbocycles. The molecule has 1 aliphatic heterocycles. The summed E-state index contributed by atoms with van der Waals surface area (Å²) >= 11 is 3.28. The van der Waals surface area contributed by atoms with Gasteiger partial charge in [-0.2, -0.15) is 0 Å². The third kappa shape index (κ3) is 2.10. The van der Waals surface area contributed by atoms with Crippen LogP contribution in [-0.4, -0.2) is 20.0 Å². The second kappa shape index (κ2) is 3.22. The zero-order chi connectivity index (χ0) is 9.35. The van der Waals surface area contributed by atoms with Gasteiger partial charge >= 0.3 is 0 Å². The summed E-state index contributed by atoms with van der Waals surface area (Å²) < 4.78 is 23.1. The predicted octanol–water partition coefficient (Wildman–Crippen LogP) is 1.14. The average Bonchev–Trinajstić information content (AvgIpc) is 1.92. The summed E-state index contributed by atoms with van der Waals surface area (Å²) in [5, 5.41) is 2.18. The zero-order valence-corrected chi connectivity index (χ0v) is 9.24. The molecule has 0 amide bonds. The highest BCUT2D eigenvalue weighted by Crippen LogP contribution is 2.20. The Morgan fingerprint density at radius 3 is 2.58 bits per heavy atom. The number of hydrogen-bond donors (Lipinski definition) is 1. The lowest BCUT2D eigenvalue weighted by Crippen LogP contribution is -2.32. The average molecular weight is 252 g/mol. The van der Waals surface area contributed by atoms with Gasteiger partial charge in [-0.05, 0) is 34.5 Å². The van der Waals surface area contributed by atoms with Crippen molar-refractivity contribution in [1.29, 1.82) is 0 Å². The van der Waals surface area contributed by atoms with Crippen LogP contribution in [-0.2, 0) is 9.84 Å². The molecule has 0 fully saturated rings. The van der Waals surface area contributed by atoms with Crippen molar-refractivity contribution in [3.63, 3.8) is 0 Å². The molecule has 1 unspecified atom stereocenters. The second-order valence-corrected chi connectivity index (χ2v) is 5.78. The summed E-state index contributed by atoms with van der Waals surface area (Å²) in [6.45, 7) is 1.86. The molecule has 1 atom stereocenters. The molecule has 1 rings (SSSR count). The standard InChI is InChI=1S/C7H10BrNO2S/c1-5-3-7(12(2,10)11)9-4-6(5)8/h3-4,7,9H,1-2H3. The van der Waals surface area contributed by atoms with Gasteiger partial charge in [0.05, 0.1) is 0 Å². The van der Waals surface area contributed by atoms with E-state index in [0.29, 0.717) is 0 Å². The van der Waals surface area contributed by atoms with Crippen molar-refractivity contribution in [3.8, 4) is 0 Å². The van der Waals surface area contributed by atoms with Gasteiger partial charge in [-0.3, -0.25) is 0 Å². The molecule has 1 heterocycles. The first-order valence-corrected chi connectivity index (χ1v) is 6.15. The third-order valence-electron chi connectivity index (χ3n) is 1.61. The first-order chi connectivity index (χ1) is 5.41. The highest BCUT2D eigenvalue weighted by molar-refractivity contribution is 9.12. The number of hydrogen-bond acceptors (Lipinski definition) is 3. The summed E-state index contributed by atoms with van der Waals surface area (Å²) in [4.78, 5) is 0. The van der Waals surface area contributed by atoms with Gasteiger partial charge in [0.1, 0.15) is 5.37 Å². The summed E-state index contributed by atoms with van der Waals surface area (Å²) in [5.74, 6) is 0. The van der Waals surface area contributed by atoms with Crippen LogP contribution >= 0.6 is 15.9 Å². The van der Waals surface area contributed by atoms with Crippen LogP contribution in [0.5, 0.6) is 0 Å². The molecule has 3 nitrogen and oxygen atoms in total. The topological polar surface area (TPSA) is 46.2 Å². The molecule has 0 spiro atoms. The van der Waals surface area contributed by atoms with Crippen molar-refractivity contribution in [2.75, 3.05) is 6.26 Å². The number of dihydropyridines is 1. The largest absolute Gasteiger partial charge is 0.371 e. The molecular weight excluding hydrogens is 242 g/mol. The van der Waals surface area contributed by atoms with Crippen molar-refractivity contribution >= 4 is 25.8 Å². The molecule has 0 aromatic rings. The summed E-state index contributed by atoms with van der Waals surface area (Å²) in [6.07, 6.45) is 4.54. The SMILES string of the molecule is CC1=CC(S(C)(=O)=O)NC=C1Br. The van der Waals surface area contributed by atoms with E-state index in [4.69, 9.17) is 0 Å². The van der Waals surface area contributed by atoms with Gasteiger partial charge in [-0.15, -0.1) is 0 Å². The number of rotatable bonds is 1. The molecular formula is C7H10BrNO2S. The Labute approximate surface area is 80.6 Å². The second-order valence-electron chi connectivity index (χ2n) is 2.76. The predicted molar refractivity (Wildman–Crippen MR) is 52.5 cm³/mol. The van der Waals surface area contributed by atoms with Gasteiger partial charge in [0.15, 0.2) is 9.84 Å². The number of halogens is 1. The van der Waals surface area contributed by atoms with Crippen LogP contribution in [0.15, 0.2) is 22.3 Å². The van der Waals surface area contributed by atoms with Crippen LogP contribution in [0.2, 0.25) is 0 Å². The number of allylic oxidation sites excluding steroid dienone is 2. The molecule has 0 saturated carbocycles. The lowest BCUT2D eigenvalue weighted by atomic mass is 10.2. The van der Waals surface area contributed by atoms with E-state index in [1.54, 1.807) is 12.3 Å². The maximum Gasteiger partial charge on any atom is 0.171 e. The fourth-order valence-electron chi connectivity index (χ4n) is 0.871. The van der Waals surface area contributed by atoms with Crippen LogP contribution in [0.4, 0.5) is 0 Å². The third-order valence-corrected chi connectivity index (χ3v) is 3.66. The van der Waals surface area contributed by atoms with E-state index in [1.807, 2.05) is 6.92 Å². The highest BCUT2D eigenvalue weighted by atomic mass is 79.9. The highest BCUT2D eigenvalue weighted by Gasteiger charge is 2.19. The summed E-state index contributed by atoms with van der Waals surface area (Å²) in [5.41, 5.74) is 0.934. The smallest absolute Gasteiger partial charge is 0.171 e. The molecule has 0 aromatic carbocycles. The maximum atomic E-state index is 11.1. The van der Waals surface area contributed by atoms with E-state index < -0.39 is 15.2 Å². The first kappa shape index (κ1) is 9.80. The molecule has 0 bridgehead atoms. The number of sulfone groups is 1. The van der Waals surface area contributed by atoms with Crippen LogP contribution in [0, 0.1) is 0 Å².